The summed E-state index contributed by atoms with van der Waals surface area (Å²) in [6.07, 6.45) is 1.11. The highest BCUT2D eigenvalue weighted by Gasteiger charge is 2.31. The standard InChI is InChI=1S/C17H14F2O/c1-10-6-7-14(18)15(16(10)19)17(20)13-8-11-4-2-3-5-12(11)9-13/h2-7,13H,8-9H2,1H3. The number of rotatable bonds is 2. The van der Waals surface area contributed by atoms with Gasteiger partial charge in [-0.25, -0.2) is 8.78 Å². The van der Waals surface area contributed by atoms with Crippen molar-refractivity contribution in [2.75, 3.05) is 0 Å². The summed E-state index contributed by atoms with van der Waals surface area (Å²) < 4.78 is 27.8. The van der Waals surface area contributed by atoms with Crippen molar-refractivity contribution in [2.45, 2.75) is 19.8 Å². The maximum atomic E-state index is 14.0. The first kappa shape index (κ1) is 13.0. The second-order valence-corrected chi connectivity index (χ2v) is 5.29. The molecule has 0 heterocycles. The molecule has 1 aliphatic rings. The van der Waals surface area contributed by atoms with Crippen molar-refractivity contribution in [2.24, 2.45) is 5.92 Å². The Morgan fingerprint density at radius 1 is 1.05 bits per heavy atom. The molecule has 3 rings (SSSR count). The summed E-state index contributed by atoms with van der Waals surface area (Å²) >= 11 is 0. The molecule has 0 aromatic heterocycles. The molecule has 1 aliphatic carbocycles. The van der Waals surface area contributed by atoms with Crippen LogP contribution in [-0.2, 0) is 12.8 Å². The second-order valence-electron chi connectivity index (χ2n) is 5.29. The normalized spacial score (nSPS) is 14.3. The Morgan fingerprint density at radius 3 is 2.25 bits per heavy atom. The number of carbonyl (C=O) groups is 1. The zero-order chi connectivity index (χ0) is 14.3. The quantitative estimate of drug-likeness (QED) is 0.758. The molecule has 2 aromatic rings. The number of hydrogen-bond acceptors (Lipinski definition) is 1. The van der Waals surface area contributed by atoms with Crippen LogP contribution in [-0.4, -0.2) is 5.78 Å². The van der Waals surface area contributed by atoms with Crippen LogP contribution in [0.15, 0.2) is 36.4 Å². The van der Waals surface area contributed by atoms with Crippen molar-refractivity contribution >= 4 is 5.78 Å². The van der Waals surface area contributed by atoms with Gasteiger partial charge in [0.2, 0.25) is 0 Å². The summed E-state index contributed by atoms with van der Waals surface area (Å²) in [5, 5.41) is 0. The highest BCUT2D eigenvalue weighted by atomic mass is 19.1. The molecule has 0 fully saturated rings. The number of carbonyl (C=O) groups excluding carboxylic acids is 1. The summed E-state index contributed by atoms with van der Waals surface area (Å²) in [4.78, 5) is 12.4. The lowest BCUT2D eigenvalue weighted by atomic mass is 9.93. The van der Waals surface area contributed by atoms with Crippen LogP contribution in [0.4, 0.5) is 8.78 Å². The van der Waals surface area contributed by atoms with E-state index in [4.69, 9.17) is 0 Å². The maximum Gasteiger partial charge on any atom is 0.172 e. The first-order chi connectivity index (χ1) is 9.58. The molecule has 0 saturated heterocycles. The van der Waals surface area contributed by atoms with E-state index in [0.717, 1.165) is 17.2 Å². The van der Waals surface area contributed by atoms with E-state index in [-0.39, 0.29) is 11.5 Å². The van der Waals surface area contributed by atoms with Gasteiger partial charge in [0.15, 0.2) is 5.78 Å². The molecule has 0 N–H and O–H groups in total. The highest BCUT2D eigenvalue weighted by Crippen LogP contribution is 2.30. The van der Waals surface area contributed by atoms with Crippen LogP contribution in [0.5, 0.6) is 0 Å². The second kappa shape index (κ2) is 4.82. The lowest BCUT2D eigenvalue weighted by Crippen LogP contribution is -2.18. The van der Waals surface area contributed by atoms with E-state index in [1.54, 1.807) is 0 Å². The predicted molar refractivity (Wildman–Crippen MR) is 72.8 cm³/mol. The molecule has 20 heavy (non-hydrogen) atoms. The lowest BCUT2D eigenvalue weighted by molar-refractivity contribution is 0.0916. The summed E-state index contributed by atoms with van der Waals surface area (Å²) in [7, 11) is 0. The molecule has 0 aliphatic heterocycles. The van der Waals surface area contributed by atoms with Crippen molar-refractivity contribution < 1.29 is 13.6 Å². The van der Waals surface area contributed by atoms with Crippen LogP contribution in [0.1, 0.15) is 27.0 Å². The number of hydrogen-bond donors (Lipinski definition) is 0. The van der Waals surface area contributed by atoms with E-state index in [0.29, 0.717) is 18.4 Å². The van der Waals surface area contributed by atoms with Crippen molar-refractivity contribution in [3.8, 4) is 0 Å². The Balaban J connectivity index is 1.95. The van der Waals surface area contributed by atoms with Gasteiger partial charge in [-0.15, -0.1) is 0 Å². The number of aryl methyl sites for hydroxylation is 1. The Kier molecular flexibility index (Phi) is 3.13. The van der Waals surface area contributed by atoms with Gasteiger partial charge in [0.1, 0.15) is 11.6 Å². The van der Waals surface area contributed by atoms with Crippen molar-refractivity contribution in [1.82, 2.24) is 0 Å². The smallest absolute Gasteiger partial charge is 0.172 e. The van der Waals surface area contributed by atoms with Gasteiger partial charge >= 0.3 is 0 Å². The van der Waals surface area contributed by atoms with Crippen molar-refractivity contribution in [1.29, 1.82) is 0 Å². The number of benzene rings is 2. The third-order valence-corrected chi connectivity index (χ3v) is 3.95. The Bertz CT molecular complexity index is 666. The highest BCUT2D eigenvalue weighted by molar-refractivity contribution is 5.99. The minimum absolute atomic E-state index is 0.297. The minimum Gasteiger partial charge on any atom is -0.294 e. The molecule has 2 aromatic carbocycles. The van der Waals surface area contributed by atoms with E-state index < -0.39 is 17.4 Å². The van der Waals surface area contributed by atoms with Gasteiger partial charge < -0.3 is 0 Å². The fraction of sp³-hybridized carbons (Fsp3) is 0.235. The van der Waals surface area contributed by atoms with E-state index in [1.165, 1.54) is 13.0 Å². The molecule has 1 nitrogen and oxygen atoms in total. The number of halogens is 2. The molecule has 3 heteroatoms. The average Bonchev–Trinajstić information content (AvgIpc) is 2.87. The van der Waals surface area contributed by atoms with Crippen LogP contribution in [0.3, 0.4) is 0 Å². The van der Waals surface area contributed by atoms with E-state index in [1.807, 2.05) is 24.3 Å². The van der Waals surface area contributed by atoms with Crippen LogP contribution < -0.4 is 0 Å². The van der Waals surface area contributed by atoms with Gasteiger partial charge in [-0.1, -0.05) is 30.3 Å². The van der Waals surface area contributed by atoms with Gasteiger partial charge in [-0.05, 0) is 42.5 Å². The Hall–Kier alpha value is -2.03. The zero-order valence-corrected chi connectivity index (χ0v) is 11.1. The van der Waals surface area contributed by atoms with E-state index >= 15 is 0 Å². The molecular weight excluding hydrogens is 258 g/mol. The van der Waals surface area contributed by atoms with Crippen LogP contribution in [0.2, 0.25) is 0 Å². The molecule has 0 bridgehead atoms. The topological polar surface area (TPSA) is 17.1 Å². The van der Waals surface area contributed by atoms with E-state index in [2.05, 4.69) is 0 Å². The van der Waals surface area contributed by atoms with Gasteiger partial charge in [0.25, 0.3) is 0 Å². The molecule has 0 spiro atoms. The third-order valence-electron chi connectivity index (χ3n) is 3.95. The predicted octanol–water partition coefficient (Wildman–Crippen LogP) is 3.87. The monoisotopic (exact) mass is 272 g/mol. The molecule has 102 valence electrons. The van der Waals surface area contributed by atoms with Gasteiger partial charge in [-0.2, -0.15) is 0 Å². The van der Waals surface area contributed by atoms with Crippen molar-refractivity contribution in [3.63, 3.8) is 0 Å². The molecule has 0 saturated carbocycles. The number of ketones is 1. The Morgan fingerprint density at radius 2 is 1.65 bits per heavy atom. The van der Waals surface area contributed by atoms with Crippen LogP contribution in [0.25, 0.3) is 0 Å². The summed E-state index contributed by atoms with van der Waals surface area (Å²) in [6, 6.07) is 10.3. The maximum absolute atomic E-state index is 14.0. The Labute approximate surface area is 116 Å². The largest absolute Gasteiger partial charge is 0.294 e. The van der Waals surface area contributed by atoms with E-state index in [9.17, 15) is 13.6 Å². The zero-order valence-electron chi connectivity index (χ0n) is 11.1. The molecular formula is C17H14F2O. The summed E-state index contributed by atoms with van der Waals surface area (Å²) in [5.41, 5.74) is 2.10. The molecule has 0 unspecified atom stereocenters. The minimum atomic E-state index is -0.769. The van der Waals surface area contributed by atoms with Gasteiger partial charge in [0.05, 0.1) is 5.56 Å². The third kappa shape index (κ3) is 2.03. The van der Waals surface area contributed by atoms with Crippen LogP contribution in [0, 0.1) is 24.5 Å². The van der Waals surface area contributed by atoms with Gasteiger partial charge in [0, 0.05) is 5.92 Å². The average molecular weight is 272 g/mol. The van der Waals surface area contributed by atoms with Crippen LogP contribution >= 0.6 is 0 Å². The van der Waals surface area contributed by atoms with Gasteiger partial charge in [-0.3, -0.25) is 4.79 Å². The number of fused-ring (bicyclic) bond motifs is 1. The fourth-order valence-electron chi connectivity index (χ4n) is 2.83. The first-order valence-electron chi connectivity index (χ1n) is 6.63. The molecule has 0 atom stereocenters. The summed E-state index contributed by atoms with van der Waals surface area (Å²) in [5.74, 6) is -2.29. The lowest BCUT2D eigenvalue weighted by Gasteiger charge is -2.11. The summed E-state index contributed by atoms with van der Waals surface area (Å²) in [6.45, 7) is 1.54. The fourth-order valence-corrected chi connectivity index (χ4v) is 2.83. The molecule has 0 amide bonds. The number of Topliss-reactive ketones (excluding diaryl/α,β-unsaturated/α-hetero) is 1. The first-order valence-corrected chi connectivity index (χ1v) is 6.63. The SMILES string of the molecule is Cc1ccc(F)c(C(=O)C2Cc3ccccc3C2)c1F. The van der Waals surface area contributed by atoms with Crippen molar-refractivity contribution in [3.05, 3.63) is 70.3 Å². The molecule has 0 radical (unpaired) electrons.